The van der Waals surface area contributed by atoms with Crippen LogP contribution in [0.1, 0.15) is 0 Å². The molecule has 0 amide bonds. The summed E-state index contributed by atoms with van der Waals surface area (Å²) in [4.78, 5) is 0. The van der Waals surface area contributed by atoms with Crippen LogP contribution in [-0.4, -0.2) is 29.7 Å². The van der Waals surface area contributed by atoms with Gasteiger partial charge in [0.05, 0.1) is 13.7 Å². The minimum Gasteiger partial charge on any atom is -0.497 e. The summed E-state index contributed by atoms with van der Waals surface area (Å²) in [5, 5.41) is 12.2. The quantitative estimate of drug-likeness (QED) is 0.457. The predicted octanol–water partition coefficient (Wildman–Crippen LogP) is 4.60. The number of anilines is 2. The third kappa shape index (κ3) is 5.33. The first-order valence-corrected chi connectivity index (χ1v) is 9.29. The lowest BCUT2D eigenvalue weighted by molar-refractivity contribution is 0.343. The van der Waals surface area contributed by atoms with E-state index in [0.29, 0.717) is 12.4 Å². The molecule has 130 valence electrons. The van der Waals surface area contributed by atoms with Gasteiger partial charge in [0.25, 0.3) is 0 Å². The number of hydrogen-bond acceptors (Lipinski definition) is 7. The van der Waals surface area contributed by atoms with Crippen LogP contribution in [-0.2, 0) is 0 Å². The summed E-state index contributed by atoms with van der Waals surface area (Å²) in [6, 6.07) is 13.6. The molecule has 0 radical (unpaired) electrons. The summed E-state index contributed by atoms with van der Waals surface area (Å²) in [5.74, 6) is 1.92. The second kappa shape index (κ2) is 8.68. The van der Waals surface area contributed by atoms with Crippen molar-refractivity contribution in [1.82, 2.24) is 10.2 Å². The molecule has 0 saturated heterocycles. The molecule has 0 aliphatic carbocycles. The summed E-state index contributed by atoms with van der Waals surface area (Å²) in [6.45, 7) is 0.511. The molecule has 8 heteroatoms. The molecule has 0 saturated carbocycles. The van der Waals surface area contributed by atoms with Gasteiger partial charge in [-0.05, 0) is 48.5 Å². The van der Waals surface area contributed by atoms with Crippen LogP contribution >= 0.6 is 23.1 Å². The highest BCUT2D eigenvalue weighted by atomic mass is 32.2. The summed E-state index contributed by atoms with van der Waals surface area (Å²) in [6.07, 6.45) is 0. The number of halogens is 1. The molecule has 1 N–H and O–H groups in total. The molecule has 25 heavy (non-hydrogen) atoms. The largest absolute Gasteiger partial charge is 0.497 e. The topological polar surface area (TPSA) is 56.3 Å². The minimum absolute atomic E-state index is 0.271. The fourth-order valence-corrected chi connectivity index (χ4v) is 3.60. The van der Waals surface area contributed by atoms with Gasteiger partial charge in [-0.1, -0.05) is 23.1 Å². The lowest BCUT2D eigenvalue weighted by atomic mass is 10.3. The van der Waals surface area contributed by atoms with Crippen molar-refractivity contribution < 1.29 is 13.9 Å². The highest BCUT2D eigenvalue weighted by molar-refractivity contribution is 8.01. The Kier molecular flexibility index (Phi) is 6.08. The highest BCUT2D eigenvalue weighted by Crippen LogP contribution is 2.28. The van der Waals surface area contributed by atoms with E-state index in [1.54, 1.807) is 31.0 Å². The van der Waals surface area contributed by atoms with E-state index >= 15 is 0 Å². The Morgan fingerprint density at radius 2 is 1.76 bits per heavy atom. The van der Waals surface area contributed by atoms with Gasteiger partial charge < -0.3 is 14.8 Å². The van der Waals surface area contributed by atoms with E-state index in [-0.39, 0.29) is 5.82 Å². The van der Waals surface area contributed by atoms with E-state index in [0.717, 1.165) is 26.7 Å². The van der Waals surface area contributed by atoms with Gasteiger partial charge in [-0.3, -0.25) is 0 Å². The number of rotatable bonds is 8. The summed E-state index contributed by atoms with van der Waals surface area (Å²) in [5.41, 5.74) is 0.924. The van der Waals surface area contributed by atoms with Gasteiger partial charge in [0, 0.05) is 11.4 Å². The first-order valence-electron chi connectivity index (χ1n) is 7.49. The monoisotopic (exact) mass is 377 g/mol. The second-order valence-electron chi connectivity index (χ2n) is 4.88. The van der Waals surface area contributed by atoms with Gasteiger partial charge in [0.15, 0.2) is 4.34 Å². The Hall–Kier alpha value is -2.32. The summed E-state index contributed by atoms with van der Waals surface area (Å²) in [7, 11) is 1.64. The first-order chi connectivity index (χ1) is 12.2. The lowest BCUT2D eigenvalue weighted by Crippen LogP contribution is -1.99. The molecule has 0 aliphatic rings. The number of ether oxygens (including phenoxy) is 2. The van der Waals surface area contributed by atoms with Gasteiger partial charge >= 0.3 is 0 Å². The molecular formula is C17H16FN3O2S2. The smallest absolute Gasteiger partial charge is 0.210 e. The van der Waals surface area contributed by atoms with E-state index in [2.05, 4.69) is 15.5 Å². The molecule has 2 aromatic carbocycles. The second-order valence-corrected chi connectivity index (χ2v) is 7.20. The molecule has 3 aromatic rings. The third-order valence-electron chi connectivity index (χ3n) is 3.14. The molecule has 0 spiro atoms. The highest BCUT2D eigenvalue weighted by Gasteiger charge is 2.05. The van der Waals surface area contributed by atoms with Crippen LogP contribution in [0.2, 0.25) is 0 Å². The molecule has 0 fully saturated rings. The number of thioether (sulfide) groups is 1. The van der Waals surface area contributed by atoms with Crippen LogP contribution in [0.15, 0.2) is 52.9 Å². The van der Waals surface area contributed by atoms with E-state index in [1.807, 2.05) is 24.3 Å². The van der Waals surface area contributed by atoms with E-state index in [9.17, 15) is 4.39 Å². The van der Waals surface area contributed by atoms with Crippen LogP contribution in [0.4, 0.5) is 15.2 Å². The zero-order chi connectivity index (χ0) is 17.5. The maximum absolute atomic E-state index is 12.8. The lowest BCUT2D eigenvalue weighted by Gasteiger charge is -2.04. The van der Waals surface area contributed by atoms with Crippen molar-refractivity contribution in [3.05, 3.63) is 54.3 Å². The molecule has 5 nitrogen and oxygen atoms in total. The first kappa shape index (κ1) is 17.5. The molecule has 3 rings (SSSR count). The fraction of sp³-hybridized carbons (Fsp3) is 0.176. The Morgan fingerprint density at radius 1 is 1.04 bits per heavy atom. The molecule has 1 aromatic heterocycles. The Labute approximate surface area is 153 Å². The van der Waals surface area contributed by atoms with Crippen LogP contribution in [0, 0.1) is 5.82 Å². The number of aromatic nitrogens is 2. The molecule has 0 unspecified atom stereocenters. The van der Waals surface area contributed by atoms with Crippen molar-refractivity contribution in [3.63, 3.8) is 0 Å². The van der Waals surface area contributed by atoms with Crippen molar-refractivity contribution in [2.75, 3.05) is 24.8 Å². The number of nitrogens with zero attached hydrogens (tertiary/aromatic N) is 2. The van der Waals surface area contributed by atoms with Crippen LogP contribution in [0.25, 0.3) is 0 Å². The standard InChI is InChI=1S/C17H16FN3O2S2/c1-22-14-8-4-13(5-9-14)19-16-20-21-17(25-16)24-11-10-23-15-6-2-12(18)3-7-15/h2-9H,10-11H2,1H3,(H,19,20). The van der Waals surface area contributed by atoms with Gasteiger partial charge in [-0.25, -0.2) is 4.39 Å². The van der Waals surface area contributed by atoms with Crippen LogP contribution in [0.3, 0.4) is 0 Å². The van der Waals surface area contributed by atoms with Gasteiger partial charge in [0.1, 0.15) is 17.3 Å². The summed E-state index contributed by atoms with van der Waals surface area (Å²) < 4.78 is 24.3. The molecule has 0 bridgehead atoms. The third-order valence-corrected chi connectivity index (χ3v) is 5.08. The molecule has 0 atom stereocenters. The normalized spacial score (nSPS) is 10.5. The van der Waals surface area contributed by atoms with E-state index in [4.69, 9.17) is 9.47 Å². The maximum Gasteiger partial charge on any atom is 0.210 e. The zero-order valence-electron chi connectivity index (χ0n) is 13.4. The van der Waals surface area contributed by atoms with Crippen molar-refractivity contribution in [2.24, 2.45) is 0 Å². The van der Waals surface area contributed by atoms with Crippen molar-refractivity contribution in [2.45, 2.75) is 4.34 Å². The SMILES string of the molecule is COc1ccc(Nc2nnc(SCCOc3ccc(F)cc3)s2)cc1. The number of methoxy groups -OCH3 is 1. The average Bonchev–Trinajstić information content (AvgIpc) is 3.08. The number of nitrogens with one attached hydrogen (secondary N) is 1. The Morgan fingerprint density at radius 3 is 2.48 bits per heavy atom. The Bertz CT molecular complexity index is 794. The average molecular weight is 377 g/mol. The number of hydrogen-bond donors (Lipinski definition) is 1. The van der Waals surface area contributed by atoms with Gasteiger partial charge in [-0.2, -0.15) is 0 Å². The number of benzene rings is 2. The predicted molar refractivity (Wildman–Crippen MR) is 98.8 cm³/mol. The van der Waals surface area contributed by atoms with Crippen LogP contribution in [0.5, 0.6) is 11.5 Å². The van der Waals surface area contributed by atoms with Crippen molar-refractivity contribution >= 4 is 33.9 Å². The van der Waals surface area contributed by atoms with Gasteiger partial charge in [0.2, 0.25) is 5.13 Å². The van der Waals surface area contributed by atoms with Crippen molar-refractivity contribution in [3.8, 4) is 11.5 Å². The molecular weight excluding hydrogens is 361 g/mol. The van der Waals surface area contributed by atoms with Gasteiger partial charge in [-0.15, -0.1) is 10.2 Å². The van der Waals surface area contributed by atoms with Crippen molar-refractivity contribution in [1.29, 1.82) is 0 Å². The zero-order valence-corrected chi connectivity index (χ0v) is 15.1. The fourth-order valence-electron chi connectivity index (χ4n) is 1.94. The summed E-state index contributed by atoms with van der Waals surface area (Å²) >= 11 is 3.05. The molecule has 1 heterocycles. The van der Waals surface area contributed by atoms with E-state index < -0.39 is 0 Å². The van der Waals surface area contributed by atoms with Crippen LogP contribution < -0.4 is 14.8 Å². The Balaban J connectivity index is 1.44. The maximum atomic E-state index is 12.8. The molecule has 0 aliphatic heterocycles. The minimum atomic E-state index is -0.271. The van der Waals surface area contributed by atoms with E-state index in [1.165, 1.54) is 23.5 Å².